The molecule has 0 N–H and O–H groups in total. The second-order valence-electron chi connectivity index (χ2n) is 6.00. The number of ether oxygens (including phenoxy) is 1. The van der Waals surface area contributed by atoms with Crippen molar-refractivity contribution < 1.29 is 9.53 Å². The van der Waals surface area contributed by atoms with Crippen LogP contribution in [0.1, 0.15) is 42.3 Å². The first-order valence-corrected chi connectivity index (χ1v) is 7.61. The molecule has 2 rings (SSSR count). The molecule has 0 saturated carbocycles. The van der Waals surface area contributed by atoms with Crippen molar-refractivity contribution in [2.24, 2.45) is 0 Å². The molecular formula is C18H19BrO2. The summed E-state index contributed by atoms with van der Waals surface area (Å²) in [5.74, 6) is 0.585. The molecular weight excluding hydrogens is 328 g/mol. The molecule has 21 heavy (non-hydrogen) atoms. The van der Waals surface area contributed by atoms with Crippen LogP contribution in [0.2, 0.25) is 0 Å². The Morgan fingerprint density at radius 1 is 1.05 bits per heavy atom. The zero-order valence-corrected chi connectivity index (χ0v) is 14.3. The highest BCUT2D eigenvalue weighted by molar-refractivity contribution is 9.10. The van der Waals surface area contributed by atoms with Gasteiger partial charge < -0.3 is 4.74 Å². The summed E-state index contributed by atoms with van der Waals surface area (Å²) in [6.07, 6.45) is 0. The highest BCUT2D eigenvalue weighted by Gasteiger charge is 2.20. The number of ketones is 1. The van der Waals surface area contributed by atoms with Gasteiger partial charge in [-0.15, -0.1) is 0 Å². The van der Waals surface area contributed by atoms with Gasteiger partial charge in [0.05, 0.1) is 12.7 Å². The van der Waals surface area contributed by atoms with E-state index in [1.165, 1.54) is 0 Å². The Balaban J connectivity index is 2.50. The number of hydrogen-bond acceptors (Lipinski definition) is 2. The van der Waals surface area contributed by atoms with Gasteiger partial charge in [-0.1, -0.05) is 42.8 Å². The van der Waals surface area contributed by atoms with Crippen molar-refractivity contribution in [2.75, 3.05) is 7.11 Å². The van der Waals surface area contributed by atoms with E-state index in [1.807, 2.05) is 42.5 Å². The van der Waals surface area contributed by atoms with Crippen molar-refractivity contribution in [1.29, 1.82) is 0 Å². The first-order chi connectivity index (χ1) is 9.82. The number of methoxy groups -OCH3 is 1. The minimum absolute atomic E-state index is 0.0129. The zero-order valence-electron chi connectivity index (χ0n) is 12.7. The maximum Gasteiger partial charge on any atom is 0.196 e. The molecule has 0 radical (unpaired) electrons. The molecule has 0 amide bonds. The van der Waals surface area contributed by atoms with Crippen LogP contribution in [0.25, 0.3) is 0 Å². The molecule has 110 valence electrons. The van der Waals surface area contributed by atoms with Crippen molar-refractivity contribution in [3.05, 3.63) is 63.6 Å². The summed E-state index contributed by atoms with van der Waals surface area (Å²) in [5.41, 5.74) is 2.36. The molecule has 2 aromatic carbocycles. The van der Waals surface area contributed by atoms with E-state index in [1.54, 1.807) is 7.11 Å². The van der Waals surface area contributed by atoms with E-state index in [0.29, 0.717) is 16.9 Å². The maximum absolute atomic E-state index is 12.7. The smallest absolute Gasteiger partial charge is 0.196 e. The lowest BCUT2D eigenvalue weighted by Crippen LogP contribution is -2.13. The highest BCUT2D eigenvalue weighted by atomic mass is 79.9. The molecule has 0 spiro atoms. The molecule has 3 heteroatoms. The fourth-order valence-corrected chi connectivity index (χ4v) is 2.37. The van der Waals surface area contributed by atoms with Crippen LogP contribution in [0.3, 0.4) is 0 Å². The predicted octanol–water partition coefficient (Wildman–Crippen LogP) is 4.99. The van der Waals surface area contributed by atoms with E-state index >= 15 is 0 Å². The predicted molar refractivity (Wildman–Crippen MR) is 89.3 cm³/mol. The molecule has 0 saturated heterocycles. The molecule has 0 aliphatic rings. The molecule has 0 heterocycles. The lowest BCUT2D eigenvalue weighted by Gasteiger charge is -2.20. The summed E-state index contributed by atoms with van der Waals surface area (Å²) in [5, 5.41) is 0. The Hall–Kier alpha value is -1.61. The summed E-state index contributed by atoms with van der Waals surface area (Å²) >= 11 is 3.38. The molecule has 2 nitrogen and oxygen atoms in total. The first kappa shape index (κ1) is 15.8. The van der Waals surface area contributed by atoms with E-state index < -0.39 is 0 Å². The van der Waals surface area contributed by atoms with Gasteiger partial charge in [-0.2, -0.15) is 0 Å². The van der Waals surface area contributed by atoms with Crippen LogP contribution in [0.4, 0.5) is 0 Å². The Bertz CT molecular complexity index is 652. The van der Waals surface area contributed by atoms with Crippen molar-refractivity contribution in [1.82, 2.24) is 0 Å². The standard InChI is InChI=1S/C18H19BrO2/c1-18(2,3)13-7-10-16(21-4)15(11-13)17(20)12-5-8-14(19)9-6-12/h5-11H,1-4H3. The number of carbonyl (C=O) groups is 1. The number of halogens is 1. The average Bonchev–Trinajstić information content (AvgIpc) is 2.45. The van der Waals surface area contributed by atoms with Gasteiger partial charge in [0, 0.05) is 10.0 Å². The van der Waals surface area contributed by atoms with Gasteiger partial charge in [-0.25, -0.2) is 0 Å². The molecule has 0 fully saturated rings. The van der Waals surface area contributed by atoms with Crippen LogP contribution >= 0.6 is 15.9 Å². The largest absolute Gasteiger partial charge is 0.496 e. The van der Waals surface area contributed by atoms with Crippen molar-refractivity contribution in [3.8, 4) is 5.75 Å². The van der Waals surface area contributed by atoms with Crippen molar-refractivity contribution >= 4 is 21.7 Å². The van der Waals surface area contributed by atoms with Crippen LogP contribution in [0, 0.1) is 0 Å². The molecule has 0 aliphatic heterocycles. The Labute approximate surface area is 134 Å². The molecule has 0 atom stereocenters. The second kappa shape index (κ2) is 6.02. The monoisotopic (exact) mass is 346 g/mol. The van der Waals surface area contributed by atoms with Gasteiger partial charge in [-0.05, 0) is 47.4 Å². The van der Waals surface area contributed by atoms with E-state index in [4.69, 9.17) is 4.74 Å². The maximum atomic E-state index is 12.7. The summed E-state index contributed by atoms with van der Waals surface area (Å²) in [4.78, 5) is 12.7. The van der Waals surface area contributed by atoms with E-state index in [0.717, 1.165) is 10.0 Å². The highest BCUT2D eigenvalue weighted by Crippen LogP contribution is 2.29. The van der Waals surface area contributed by atoms with Gasteiger partial charge in [0.2, 0.25) is 0 Å². The van der Waals surface area contributed by atoms with Gasteiger partial charge in [0.1, 0.15) is 5.75 Å². The molecule has 0 unspecified atom stereocenters. The van der Waals surface area contributed by atoms with Crippen LogP contribution < -0.4 is 4.74 Å². The number of rotatable bonds is 3. The van der Waals surface area contributed by atoms with Crippen LogP contribution in [-0.2, 0) is 5.41 Å². The van der Waals surface area contributed by atoms with E-state index in [9.17, 15) is 4.79 Å². The normalized spacial score (nSPS) is 11.3. The second-order valence-corrected chi connectivity index (χ2v) is 6.92. The number of hydrogen-bond donors (Lipinski definition) is 0. The van der Waals surface area contributed by atoms with Crippen LogP contribution in [0.15, 0.2) is 46.9 Å². The fourth-order valence-electron chi connectivity index (χ4n) is 2.11. The van der Waals surface area contributed by atoms with Gasteiger partial charge in [0.15, 0.2) is 5.78 Å². The molecule has 0 aromatic heterocycles. The van der Waals surface area contributed by atoms with Gasteiger partial charge >= 0.3 is 0 Å². The van der Waals surface area contributed by atoms with Gasteiger partial charge in [-0.3, -0.25) is 4.79 Å². The quantitative estimate of drug-likeness (QED) is 0.732. The van der Waals surface area contributed by atoms with E-state index in [2.05, 4.69) is 36.7 Å². The lowest BCUT2D eigenvalue weighted by atomic mass is 9.85. The third kappa shape index (κ3) is 3.53. The minimum Gasteiger partial charge on any atom is -0.496 e. The van der Waals surface area contributed by atoms with Crippen LogP contribution in [-0.4, -0.2) is 12.9 Å². The van der Waals surface area contributed by atoms with Crippen LogP contribution in [0.5, 0.6) is 5.75 Å². The minimum atomic E-state index is -0.0227. The fraction of sp³-hybridized carbons (Fsp3) is 0.278. The molecule has 2 aromatic rings. The lowest BCUT2D eigenvalue weighted by molar-refractivity contribution is 0.103. The average molecular weight is 347 g/mol. The first-order valence-electron chi connectivity index (χ1n) is 6.81. The third-order valence-corrected chi connectivity index (χ3v) is 3.95. The van der Waals surface area contributed by atoms with Crippen molar-refractivity contribution in [2.45, 2.75) is 26.2 Å². The SMILES string of the molecule is COc1ccc(C(C)(C)C)cc1C(=O)c1ccc(Br)cc1. The summed E-state index contributed by atoms with van der Waals surface area (Å²) in [6, 6.07) is 13.2. The molecule has 0 aliphatic carbocycles. The Morgan fingerprint density at radius 2 is 1.67 bits per heavy atom. The Morgan fingerprint density at radius 3 is 2.19 bits per heavy atom. The zero-order chi connectivity index (χ0) is 15.6. The third-order valence-electron chi connectivity index (χ3n) is 3.42. The van der Waals surface area contributed by atoms with E-state index in [-0.39, 0.29) is 11.2 Å². The number of carbonyl (C=O) groups excluding carboxylic acids is 1. The summed E-state index contributed by atoms with van der Waals surface area (Å²) < 4.78 is 6.30. The Kier molecular flexibility index (Phi) is 4.52. The summed E-state index contributed by atoms with van der Waals surface area (Å²) in [6.45, 7) is 6.38. The van der Waals surface area contributed by atoms with Crippen molar-refractivity contribution in [3.63, 3.8) is 0 Å². The number of benzene rings is 2. The topological polar surface area (TPSA) is 26.3 Å². The van der Waals surface area contributed by atoms with Gasteiger partial charge in [0.25, 0.3) is 0 Å². The molecule has 0 bridgehead atoms. The summed E-state index contributed by atoms with van der Waals surface area (Å²) in [7, 11) is 1.59.